The van der Waals surface area contributed by atoms with E-state index >= 15 is 0 Å². The van der Waals surface area contributed by atoms with Gasteiger partial charge in [-0.3, -0.25) is 9.47 Å². The number of carbonyl (C=O) groups is 1. The summed E-state index contributed by atoms with van der Waals surface area (Å²) in [6.45, 7) is 18.7. The fraction of sp³-hybridized carbons (Fsp3) is 0.833. The second-order valence-electron chi connectivity index (χ2n) is 10.6. The van der Waals surface area contributed by atoms with E-state index in [0.29, 0.717) is 42.5 Å². The summed E-state index contributed by atoms with van der Waals surface area (Å²) >= 11 is 0. The van der Waals surface area contributed by atoms with Crippen molar-refractivity contribution in [3.63, 3.8) is 0 Å². The summed E-state index contributed by atoms with van der Waals surface area (Å²) in [6.07, 6.45) is 2.72. The van der Waals surface area contributed by atoms with Crippen LogP contribution in [0.4, 0.5) is 10.6 Å². The Morgan fingerprint density at radius 1 is 1.22 bits per heavy atom. The summed E-state index contributed by atoms with van der Waals surface area (Å²) < 4.78 is 13.2. The molecule has 0 aromatic carbocycles. The minimum atomic E-state index is -0.145. The minimum Gasteiger partial charge on any atom is -0.464 e. The fourth-order valence-electron chi connectivity index (χ4n) is 5.01. The molecule has 0 saturated carbocycles. The van der Waals surface area contributed by atoms with Crippen LogP contribution >= 0.6 is 0 Å². The molecule has 0 radical (unpaired) electrons. The number of hydrogen-bond donors (Lipinski definition) is 1. The van der Waals surface area contributed by atoms with E-state index in [9.17, 15) is 4.79 Å². The Morgan fingerprint density at radius 3 is 2.53 bits per heavy atom. The molecule has 8 heteroatoms. The number of nitrogens with one attached hydrogen (secondary N) is 1. The lowest BCUT2D eigenvalue weighted by Crippen LogP contribution is -2.56. The first-order chi connectivity index (χ1) is 15.1. The van der Waals surface area contributed by atoms with Crippen molar-refractivity contribution in [2.75, 3.05) is 31.6 Å². The number of imidazole rings is 1. The molecule has 2 saturated heterocycles. The molecule has 3 heterocycles. The van der Waals surface area contributed by atoms with Crippen molar-refractivity contribution in [1.82, 2.24) is 19.4 Å². The highest BCUT2D eigenvalue weighted by atomic mass is 16.6. The standard InChI is InChI=1S/C24H43N5O3/c1-15(2)14-31-23-25-10-21(27(23)8)26-17(5)9-18(6)28-11-20(12-28)13-29-22(16(3)4)19(7)32-24(29)30/h10,15-20,22,26H,9,11-14H2,1-8H3. The average molecular weight is 450 g/mol. The molecule has 0 bridgehead atoms. The summed E-state index contributed by atoms with van der Waals surface area (Å²) in [7, 11) is 1.98. The van der Waals surface area contributed by atoms with Crippen LogP contribution in [0.15, 0.2) is 6.20 Å². The van der Waals surface area contributed by atoms with Crippen LogP contribution in [0.25, 0.3) is 0 Å². The first kappa shape index (κ1) is 24.7. The Kier molecular flexibility index (Phi) is 7.96. The van der Waals surface area contributed by atoms with Gasteiger partial charge in [-0.15, -0.1) is 0 Å². The van der Waals surface area contributed by atoms with Crippen LogP contribution in [-0.2, 0) is 11.8 Å². The van der Waals surface area contributed by atoms with Gasteiger partial charge < -0.3 is 19.7 Å². The molecule has 1 aromatic rings. The highest BCUT2D eigenvalue weighted by Crippen LogP contribution is 2.30. The number of nitrogens with zero attached hydrogens (tertiary/aromatic N) is 4. The van der Waals surface area contributed by atoms with E-state index in [1.54, 1.807) is 0 Å². The molecule has 0 aliphatic carbocycles. The third kappa shape index (κ3) is 5.69. The summed E-state index contributed by atoms with van der Waals surface area (Å²) in [5, 5.41) is 3.58. The van der Waals surface area contributed by atoms with Crippen molar-refractivity contribution in [3.05, 3.63) is 6.20 Å². The van der Waals surface area contributed by atoms with Crippen molar-refractivity contribution >= 4 is 11.9 Å². The summed E-state index contributed by atoms with van der Waals surface area (Å²) in [4.78, 5) is 21.2. The van der Waals surface area contributed by atoms with E-state index < -0.39 is 0 Å². The smallest absolute Gasteiger partial charge is 0.410 e. The molecular formula is C24H43N5O3. The van der Waals surface area contributed by atoms with Crippen LogP contribution in [0.2, 0.25) is 0 Å². The summed E-state index contributed by atoms with van der Waals surface area (Å²) in [5.74, 6) is 2.38. The molecule has 2 fully saturated rings. The molecule has 3 rings (SSSR count). The number of aromatic nitrogens is 2. The van der Waals surface area contributed by atoms with Crippen molar-refractivity contribution in [2.24, 2.45) is 24.8 Å². The average Bonchev–Trinajstić information content (AvgIpc) is 3.14. The molecule has 1 aromatic heterocycles. The highest BCUT2D eigenvalue weighted by Gasteiger charge is 2.43. The number of amides is 1. The van der Waals surface area contributed by atoms with E-state index in [1.807, 2.05) is 29.6 Å². The van der Waals surface area contributed by atoms with Crippen LogP contribution in [0, 0.1) is 17.8 Å². The molecule has 2 aliphatic rings. The van der Waals surface area contributed by atoms with Gasteiger partial charge >= 0.3 is 6.09 Å². The van der Waals surface area contributed by atoms with Crippen molar-refractivity contribution in [3.8, 4) is 6.01 Å². The Balaban J connectivity index is 1.43. The number of cyclic esters (lactones) is 1. The molecular weight excluding hydrogens is 406 g/mol. The van der Waals surface area contributed by atoms with E-state index in [-0.39, 0.29) is 18.2 Å². The Bertz CT molecular complexity index is 759. The maximum atomic E-state index is 12.3. The SMILES string of the molecule is CC(C)COc1ncc(NC(C)CC(C)N2CC(CN3C(=O)OC(C)C3C(C)C)C2)n1C. The molecule has 4 unspecified atom stereocenters. The van der Waals surface area contributed by atoms with Gasteiger partial charge in [-0.25, -0.2) is 9.78 Å². The number of ether oxygens (including phenoxy) is 2. The number of likely N-dealkylation sites (tertiary alicyclic amines) is 1. The number of rotatable bonds is 11. The maximum absolute atomic E-state index is 12.3. The van der Waals surface area contributed by atoms with Crippen molar-refractivity contribution < 1.29 is 14.3 Å². The van der Waals surface area contributed by atoms with Gasteiger partial charge in [0.1, 0.15) is 11.9 Å². The summed E-state index contributed by atoms with van der Waals surface area (Å²) in [5.41, 5.74) is 0. The number of carbonyl (C=O) groups excluding carboxylic acids is 1. The van der Waals surface area contributed by atoms with Crippen LogP contribution in [0.1, 0.15) is 54.9 Å². The quantitative estimate of drug-likeness (QED) is 0.554. The van der Waals surface area contributed by atoms with Crippen LogP contribution in [0.3, 0.4) is 0 Å². The van der Waals surface area contributed by atoms with Gasteiger partial charge in [0, 0.05) is 44.7 Å². The molecule has 182 valence electrons. The van der Waals surface area contributed by atoms with E-state index in [1.165, 1.54) is 0 Å². The maximum Gasteiger partial charge on any atom is 0.410 e. The van der Waals surface area contributed by atoms with Crippen LogP contribution in [0.5, 0.6) is 6.01 Å². The number of anilines is 1. The zero-order valence-corrected chi connectivity index (χ0v) is 21.2. The third-order valence-electron chi connectivity index (χ3n) is 6.69. The first-order valence-electron chi connectivity index (χ1n) is 12.2. The van der Waals surface area contributed by atoms with Gasteiger partial charge in [0.2, 0.25) is 0 Å². The van der Waals surface area contributed by atoms with Crippen molar-refractivity contribution in [1.29, 1.82) is 0 Å². The van der Waals surface area contributed by atoms with E-state index in [0.717, 1.165) is 31.9 Å². The van der Waals surface area contributed by atoms with Gasteiger partial charge in [-0.2, -0.15) is 0 Å². The topological polar surface area (TPSA) is 71.9 Å². The minimum absolute atomic E-state index is 0.0205. The normalized spacial score (nSPS) is 24.1. The van der Waals surface area contributed by atoms with E-state index in [4.69, 9.17) is 9.47 Å². The van der Waals surface area contributed by atoms with Gasteiger partial charge in [0.25, 0.3) is 6.01 Å². The Hall–Kier alpha value is -1.96. The molecule has 1 N–H and O–H groups in total. The lowest BCUT2D eigenvalue weighted by atomic mass is 9.93. The molecule has 4 atom stereocenters. The van der Waals surface area contributed by atoms with E-state index in [2.05, 4.69) is 56.7 Å². The second-order valence-corrected chi connectivity index (χ2v) is 10.6. The van der Waals surface area contributed by atoms with Gasteiger partial charge in [-0.05, 0) is 39.0 Å². The highest BCUT2D eigenvalue weighted by molar-refractivity contribution is 5.70. The van der Waals surface area contributed by atoms with Crippen LogP contribution < -0.4 is 10.1 Å². The largest absolute Gasteiger partial charge is 0.464 e. The fourth-order valence-corrected chi connectivity index (χ4v) is 5.01. The predicted molar refractivity (Wildman–Crippen MR) is 127 cm³/mol. The van der Waals surface area contributed by atoms with Crippen molar-refractivity contribution in [2.45, 2.75) is 79.1 Å². The Labute approximate surface area is 193 Å². The molecule has 2 aliphatic heterocycles. The van der Waals surface area contributed by atoms with Gasteiger partial charge in [0.15, 0.2) is 0 Å². The molecule has 32 heavy (non-hydrogen) atoms. The van der Waals surface area contributed by atoms with Gasteiger partial charge in [0.05, 0.1) is 18.8 Å². The zero-order chi connectivity index (χ0) is 23.6. The van der Waals surface area contributed by atoms with Crippen LogP contribution in [-0.4, -0.2) is 75.9 Å². The molecule has 8 nitrogen and oxygen atoms in total. The monoisotopic (exact) mass is 449 g/mol. The predicted octanol–water partition coefficient (Wildman–Crippen LogP) is 3.83. The number of hydrogen-bond acceptors (Lipinski definition) is 6. The zero-order valence-electron chi connectivity index (χ0n) is 21.2. The summed E-state index contributed by atoms with van der Waals surface area (Å²) in [6, 6.07) is 1.63. The van der Waals surface area contributed by atoms with Gasteiger partial charge in [-0.1, -0.05) is 27.7 Å². The molecule has 1 amide bonds. The first-order valence-corrected chi connectivity index (χ1v) is 12.2. The Morgan fingerprint density at radius 2 is 1.91 bits per heavy atom. The lowest BCUT2D eigenvalue weighted by molar-refractivity contribution is 0.0324. The lowest BCUT2D eigenvalue weighted by Gasteiger charge is -2.45. The third-order valence-corrected chi connectivity index (χ3v) is 6.69. The second kappa shape index (κ2) is 10.3. The molecule has 0 spiro atoms.